The van der Waals surface area contributed by atoms with Crippen LogP contribution in [0.5, 0.6) is 0 Å². The highest BCUT2D eigenvalue weighted by molar-refractivity contribution is 8.14. The van der Waals surface area contributed by atoms with E-state index < -0.39 is 17.6 Å². The van der Waals surface area contributed by atoms with Crippen molar-refractivity contribution in [2.24, 2.45) is 4.99 Å². The average Bonchev–Trinajstić information content (AvgIpc) is 2.66. The first-order chi connectivity index (χ1) is 13.9. The standard InChI is InChI=1S/C21H28FN3O3S/c1-3-4-5-6-7-8-11-25-20(28)13-18(26)24-21(25)29-14-19(27)23-17-10-9-15(2)12-16(17)22/h9-10,12H,3-8,11,13-14H2,1-2H3,(H,23,27). The van der Waals surface area contributed by atoms with Crippen LogP contribution in [-0.4, -0.2) is 40.1 Å². The zero-order chi connectivity index (χ0) is 21.2. The fourth-order valence-electron chi connectivity index (χ4n) is 2.96. The van der Waals surface area contributed by atoms with Gasteiger partial charge in [0.15, 0.2) is 5.17 Å². The Morgan fingerprint density at radius 3 is 2.66 bits per heavy atom. The fourth-order valence-corrected chi connectivity index (χ4v) is 3.80. The molecule has 0 radical (unpaired) electrons. The highest BCUT2D eigenvalue weighted by Crippen LogP contribution is 2.19. The summed E-state index contributed by atoms with van der Waals surface area (Å²) in [6, 6.07) is 4.55. The minimum Gasteiger partial charge on any atom is -0.323 e. The third-order valence-corrected chi connectivity index (χ3v) is 5.50. The summed E-state index contributed by atoms with van der Waals surface area (Å²) in [4.78, 5) is 41.6. The molecule has 29 heavy (non-hydrogen) atoms. The van der Waals surface area contributed by atoms with Crippen LogP contribution in [0.4, 0.5) is 10.1 Å². The summed E-state index contributed by atoms with van der Waals surface area (Å²) >= 11 is 1.02. The van der Waals surface area contributed by atoms with E-state index in [9.17, 15) is 18.8 Å². The number of halogens is 1. The highest BCUT2D eigenvalue weighted by Gasteiger charge is 2.28. The van der Waals surface area contributed by atoms with E-state index in [1.807, 2.05) is 0 Å². The van der Waals surface area contributed by atoms with Crippen LogP contribution in [0.3, 0.4) is 0 Å². The number of amidine groups is 1. The van der Waals surface area contributed by atoms with Crippen molar-refractivity contribution < 1.29 is 18.8 Å². The van der Waals surface area contributed by atoms with Crippen LogP contribution in [-0.2, 0) is 14.4 Å². The van der Waals surface area contributed by atoms with Gasteiger partial charge in [-0.2, -0.15) is 4.99 Å². The number of aliphatic imine (C=N–C) groups is 1. The molecule has 0 atom stereocenters. The number of benzene rings is 1. The number of nitrogens with zero attached hydrogens (tertiary/aromatic N) is 2. The zero-order valence-electron chi connectivity index (χ0n) is 17.0. The van der Waals surface area contributed by atoms with Crippen LogP contribution in [0.25, 0.3) is 0 Å². The summed E-state index contributed by atoms with van der Waals surface area (Å²) in [6.45, 7) is 4.41. The van der Waals surface area contributed by atoms with E-state index >= 15 is 0 Å². The predicted molar refractivity (Wildman–Crippen MR) is 114 cm³/mol. The molecule has 2 rings (SSSR count). The van der Waals surface area contributed by atoms with Gasteiger partial charge < -0.3 is 5.32 Å². The molecular weight excluding hydrogens is 393 g/mol. The summed E-state index contributed by atoms with van der Waals surface area (Å²) < 4.78 is 13.9. The van der Waals surface area contributed by atoms with E-state index in [0.717, 1.165) is 36.6 Å². The number of anilines is 1. The van der Waals surface area contributed by atoms with Crippen LogP contribution < -0.4 is 5.32 Å². The van der Waals surface area contributed by atoms with Crippen molar-refractivity contribution in [1.29, 1.82) is 0 Å². The molecule has 1 heterocycles. The third kappa shape index (κ3) is 7.61. The Morgan fingerprint density at radius 2 is 1.93 bits per heavy atom. The molecule has 8 heteroatoms. The molecule has 1 aliphatic heterocycles. The SMILES string of the molecule is CCCCCCCCN1C(=O)CC(=O)N=C1SCC(=O)Nc1ccc(C)cc1F. The van der Waals surface area contributed by atoms with Crippen molar-refractivity contribution in [3.8, 4) is 0 Å². The smallest absolute Gasteiger partial charge is 0.257 e. The lowest BCUT2D eigenvalue weighted by Gasteiger charge is -2.26. The summed E-state index contributed by atoms with van der Waals surface area (Å²) in [7, 11) is 0. The maximum Gasteiger partial charge on any atom is 0.257 e. The van der Waals surface area contributed by atoms with Crippen LogP contribution in [0.2, 0.25) is 0 Å². The number of unbranched alkanes of at least 4 members (excludes halogenated alkanes) is 5. The van der Waals surface area contributed by atoms with Crippen molar-refractivity contribution in [3.05, 3.63) is 29.6 Å². The van der Waals surface area contributed by atoms with Gasteiger partial charge in [0.1, 0.15) is 12.2 Å². The zero-order valence-corrected chi connectivity index (χ0v) is 17.8. The predicted octanol–water partition coefficient (Wildman–Crippen LogP) is 4.28. The van der Waals surface area contributed by atoms with Gasteiger partial charge in [-0.1, -0.05) is 56.9 Å². The Bertz CT molecular complexity index is 782. The molecule has 0 spiro atoms. The highest BCUT2D eigenvalue weighted by atomic mass is 32.2. The maximum atomic E-state index is 13.9. The quantitative estimate of drug-likeness (QED) is 0.452. The lowest BCUT2D eigenvalue weighted by molar-refractivity contribution is -0.133. The second kappa shape index (κ2) is 11.7. The molecule has 0 fully saturated rings. The molecule has 0 bridgehead atoms. The molecule has 0 saturated carbocycles. The number of nitrogens with one attached hydrogen (secondary N) is 1. The summed E-state index contributed by atoms with van der Waals surface area (Å²) in [5.41, 5.74) is 0.858. The summed E-state index contributed by atoms with van der Waals surface area (Å²) in [6.07, 6.45) is 6.26. The van der Waals surface area contributed by atoms with E-state index in [4.69, 9.17) is 0 Å². The molecule has 1 aromatic rings. The number of carbonyl (C=O) groups excluding carboxylic acids is 3. The molecule has 1 aliphatic rings. The second-order valence-electron chi connectivity index (χ2n) is 7.10. The third-order valence-electron chi connectivity index (χ3n) is 4.52. The fraction of sp³-hybridized carbons (Fsp3) is 0.524. The first-order valence-electron chi connectivity index (χ1n) is 10.0. The minimum atomic E-state index is -0.506. The first-order valence-corrected chi connectivity index (χ1v) is 11.0. The van der Waals surface area contributed by atoms with Crippen molar-refractivity contribution in [2.75, 3.05) is 17.6 Å². The molecular formula is C21H28FN3O3S. The number of hydrogen-bond acceptors (Lipinski definition) is 4. The number of amides is 3. The molecule has 1 N–H and O–H groups in total. The van der Waals surface area contributed by atoms with Crippen molar-refractivity contribution in [2.45, 2.75) is 58.8 Å². The number of hydrogen-bond donors (Lipinski definition) is 1. The lowest BCUT2D eigenvalue weighted by atomic mass is 10.1. The molecule has 6 nitrogen and oxygen atoms in total. The monoisotopic (exact) mass is 421 g/mol. The van der Waals surface area contributed by atoms with Crippen molar-refractivity contribution in [3.63, 3.8) is 0 Å². The Morgan fingerprint density at radius 1 is 1.21 bits per heavy atom. The van der Waals surface area contributed by atoms with Crippen LogP contribution in [0.15, 0.2) is 23.2 Å². The number of aryl methyl sites for hydroxylation is 1. The Labute approximate surface area is 175 Å². The topological polar surface area (TPSA) is 78.8 Å². The normalized spacial score (nSPS) is 14.2. The largest absolute Gasteiger partial charge is 0.323 e. The van der Waals surface area contributed by atoms with E-state index in [1.54, 1.807) is 13.0 Å². The van der Waals surface area contributed by atoms with Gasteiger partial charge in [0.25, 0.3) is 5.91 Å². The van der Waals surface area contributed by atoms with Gasteiger partial charge in [0.05, 0.1) is 11.4 Å². The minimum absolute atomic E-state index is 0.0697. The Balaban J connectivity index is 1.88. The van der Waals surface area contributed by atoms with Gasteiger partial charge in [0, 0.05) is 6.54 Å². The molecule has 158 valence electrons. The molecule has 0 unspecified atom stereocenters. The van der Waals surface area contributed by atoms with Gasteiger partial charge in [-0.15, -0.1) is 0 Å². The van der Waals surface area contributed by atoms with Crippen LogP contribution in [0.1, 0.15) is 57.4 Å². The van der Waals surface area contributed by atoms with Gasteiger partial charge in [-0.3, -0.25) is 19.3 Å². The maximum absolute atomic E-state index is 13.9. The van der Waals surface area contributed by atoms with Gasteiger partial charge in [-0.05, 0) is 31.0 Å². The van der Waals surface area contributed by atoms with Gasteiger partial charge >= 0.3 is 0 Å². The van der Waals surface area contributed by atoms with E-state index in [-0.39, 0.29) is 28.9 Å². The van der Waals surface area contributed by atoms with Crippen LogP contribution in [0, 0.1) is 12.7 Å². The molecule has 1 aromatic carbocycles. The van der Waals surface area contributed by atoms with Crippen molar-refractivity contribution in [1.82, 2.24) is 4.90 Å². The van der Waals surface area contributed by atoms with E-state index in [0.29, 0.717) is 6.54 Å². The molecule has 0 aromatic heterocycles. The van der Waals surface area contributed by atoms with Gasteiger partial charge in [-0.25, -0.2) is 4.39 Å². The summed E-state index contributed by atoms with van der Waals surface area (Å²) in [5.74, 6) is -1.79. The Hall–Kier alpha value is -2.22. The Kier molecular flexibility index (Phi) is 9.31. The number of carbonyl (C=O) groups is 3. The second-order valence-corrected chi connectivity index (χ2v) is 8.04. The number of rotatable bonds is 10. The molecule has 0 saturated heterocycles. The lowest BCUT2D eigenvalue weighted by Crippen LogP contribution is -2.41. The van der Waals surface area contributed by atoms with E-state index in [2.05, 4.69) is 17.2 Å². The average molecular weight is 422 g/mol. The molecule has 3 amide bonds. The number of thioether (sulfide) groups is 1. The van der Waals surface area contributed by atoms with E-state index in [1.165, 1.54) is 36.3 Å². The summed E-state index contributed by atoms with van der Waals surface area (Å²) in [5, 5.41) is 2.76. The first kappa shape index (κ1) is 23.1. The van der Waals surface area contributed by atoms with Gasteiger partial charge in [0.2, 0.25) is 11.8 Å². The van der Waals surface area contributed by atoms with Crippen LogP contribution >= 0.6 is 11.8 Å². The van der Waals surface area contributed by atoms with Crippen molar-refractivity contribution >= 4 is 40.3 Å². The molecule has 0 aliphatic carbocycles.